The van der Waals surface area contributed by atoms with Gasteiger partial charge in [0.15, 0.2) is 5.96 Å². The number of aryl methyl sites for hydroxylation is 1. The molecular formula is C22H31IN4O2S. The predicted molar refractivity (Wildman–Crippen MR) is 134 cm³/mol. The molecule has 0 spiro atoms. The lowest BCUT2D eigenvalue weighted by Gasteiger charge is -2.26. The van der Waals surface area contributed by atoms with Crippen molar-refractivity contribution in [2.45, 2.75) is 39.8 Å². The zero-order valence-electron chi connectivity index (χ0n) is 17.8. The van der Waals surface area contributed by atoms with Crippen LogP contribution < -0.4 is 15.4 Å². The third kappa shape index (κ3) is 7.16. The Hall–Kier alpha value is -1.81. The summed E-state index contributed by atoms with van der Waals surface area (Å²) in [7, 11) is 0. The number of rotatable bonds is 7. The summed E-state index contributed by atoms with van der Waals surface area (Å²) >= 11 is 1.78. The third-order valence-electron chi connectivity index (χ3n) is 4.76. The highest BCUT2D eigenvalue weighted by atomic mass is 127. The molecule has 1 aliphatic rings. The quantitative estimate of drug-likeness (QED) is 0.319. The van der Waals surface area contributed by atoms with Gasteiger partial charge in [-0.3, -0.25) is 4.79 Å². The van der Waals surface area contributed by atoms with Gasteiger partial charge in [0, 0.05) is 24.5 Å². The highest BCUT2D eigenvalue weighted by molar-refractivity contribution is 14.0. The SMILES string of the molecule is CCNC(=NCC(=O)N1CCc2sccc2C1)NCC(C)Oc1cccc(C)c1.I. The summed E-state index contributed by atoms with van der Waals surface area (Å²) in [5, 5.41) is 8.57. The van der Waals surface area contributed by atoms with E-state index in [1.807, 2.05) is 49.9 Å². The van der Waals surface area contributed by atoms with Crippen LogP contribution in [0.2, 0.25) is 0 Å². The van der Waals surface area contributed by atoms with Crippen LogP contribution in [-0.4, -0.2) is 49.0 Å². The van der Waals surface area contributed by atoms with Crippen molar-refractivity contribution < 1.29 is 9.53 Å². The molecule has 8 heteroatoms. The summed E-state index contributed by atoms with van der Waals surface area (Å²) in [5.74, 6) is 1.55. The predicted octanol–water partition coefficient (Wildman–Crippen LogP) is 3.58. The number of nitrogens with zero attached hydrogens (tertiary/aromatic N) is 2. The van der Waals surface area contributed by atoms with Crippen molar-refractivity contribution in [2.24, 2.45) is 4.99 Å². The van der Waals surface area contributed by atoms with Crippen molar-refractivity contribution in [1.29, 1.82) is 0 Å². The smallest absolute Gasteiger partial charge is 0.244 e. The van der Waals surface area contributed by atoms with Gasteiger partial charge in [-0.2, -0.15) is 0 Å². The lowest BCUT2D eigenvalue weighted by atomic mass is 10.1. The molecule has 164 valence electrons. The number of hydrogen-bond donors (Lipinski definition) is 2. The van der Waals surface area contributed by atoms with Gasteiger partial charge in [-0.05, 0) is 61.9 Å². The first kappa shape index (κ1) is 24.5. The maximum atomic E-state index is 12.6. The summed E-state index contributed by atoms with van der Waals surface area (Å²) < 4.78 is 5.95. The lowest BCUT2D eigenvalue weighted by Crippen LogP contribution is -2.43. The number of guanidine groups is 1. The van der Waals surface area contributed by atoms with E-state index in [-0.39, 0.29) is 42.5 Å². The average molecular weight is 542 g/mol. The van der Waals surface area contributed by atoms with Crippen LogP contribution in [0.1, 0.15) is 29.9 Å². The van der Waals surface area contributed by atoms with E-state index >= 15 is 0 Å². The van der Waals surface area contributed by atoms with Crippen molar-refractivity contribution in [1.82, 2.24) is 15.5 Å². The van der Waals surface area contributed by atoms with Crippen molar-refractivity contribution in [3.63, 3.8) is 0 Å². The Labute approximate surface area is 200 Å². The number of fused-ring (bicyclic) bond motifs is 1. The Morgan fingerprint density at radius 2 is 2.17 bits per heavy atom. The van der Waals surface area contributed by atoms with E-state index in [2.05, 4.69) is 27.1 Å². The molecule has 2 N–H and O–H groups in total. The number of nitrogens with one attached hydrogen (secondary N) is 2. The van der Waals surface area contributed by atoms with Gasteiger partial charge in [0.1, 0.15) is 18.4 Å². The summed E-state index contributed by atoms with van der Waals surface area (Å²) in [6, 6.07) is 10.1. The Balaban J connectivity index is 0.00000320. The molecule has 1 aliphatic heterocycles. The van der Waals surface area contributed by atoms with E-state index in [4.69, 9.17) is 4.74 Å². The molecule has 1 aromatic carbocycles. The molecule has 0 bridgehead atoms. The van der Waals surface area contributed by atoms with E-state index in [1.54, 1.807) is 11.3 Å². The van der Waals surface area contributed by atoms with Crippen LogP contribution in [0.5, 0.6) is 5.75 Å². The Bertz CT molecular complexity index is 855. The molecular weight excluding hydrogens is 511 g/mol. The Morgan fingerprint density at radius 1 is 1.33 bits per heavy atom. The second kappa shape index (κ2) is 12.1. The van der Waals surface area contributed by atoms with E-state index in [0.29, 0.717) is 19.0 Å². The van der Waals surface area contributed by atoms with Crippen LogP contribution in [0.4, 0.5) is 0 Å². The highest BCUT2D eigenvalue weighted by Gasteiger charge is 2.21. The first-order valence-electron chi connectivity index (χ1n) is 10.1. The number of aliphatic imine (C=N–C) groups is 1. The highest BCUT2D eigenvalue weighted by Crippen LogP contribution is 2.23. The molecule has 2 aromatic rings. The van der Waals surface area contributed by atoms with Crippen LogP contribution in [0, 0.1) is 6.92 Å². The van der Waals surface area contributed by atoms with Gasteiger partial charge in [0.25, 0.3) is 0 Å². The zero-order chi connectivity index (χ0) is 20.6. The fourth-order valence-electron chi connectivity index (χ4n) is 3.25. The maximum Gasteiger partial charge on any atom is 0.244 e. The fraction of sp³-hybridized carbons (Fsp3) is 0.455. The molecule has 0 radical (unpaired) electrons. The number of ether oxygens (including phenoxy) is 1. The molecule has 1 atom stereocenters. The van der Waals surface area contributed by atoms with Crippen LogP contribution >= 0.6 is 35.3 Å². The molecule has 0 aliphatic carbocycles. The number of thiophene rings is 1. The molecule has 0 saturated carbocycles. The zero-order valence-corrected chi connectivity index (χ0v) is 21.0. The number of carbonyl (C=O) groups is 1. The summed E-state index contributed by atoms with van der Waals surface area (Å²) in [5.41, 5.74) is 2.44. The molecule has 1 amide bonds. The minimum Gasteiger partial charge on any atom is -0.489 e. The Kier molecular flexibility index (Phi) is 9.90. The normalized spacial score (nSPS) is 14.4. The lowest BCUT2D eigenvalue weighted by molar-refractivity contribution is -0.130. The number of carbonyl (C=O) groups excluding carboxylic acids is 1. The van der Waals surface area contributed by atoms with Crippen LogP contribution in [-0.2, 0) is 17.8 Å². The summed E-state index contributed by atoms with van der Waals surface area (Å²) in [6.07, 6.45) is 0.907. The fourth-order valence-corrected chi connectivity index (χ4v) is 4.14. The monoisotopic (exact) mass is 542 g/mol. The summed E-state index contributed by atoms with van der Waals surface area (Å²) in [4.78, 5) is 20.4. The van der Waals surface area contributed by atoms with Gasteiger partial charge in [0.2, 0.25) is 5.91 Å². The molecule has 3 rings (SSSR count). The van der Waals surface area contributed by atoms with Crippen molar-refractivity contribution >= 4 is 47.2 Å². The molecule has 1 unspecified atom stereocenters. The van der Waals surface area contributed by atoms with Crippen molar-refractivity contribution in [3.05, 3.63) is 51.7 Å². The van der Waals surface area contributed by atoms with Gasteiger partial charge in [-0.15, -0.1) is 35.3 Å². The molecule has 30 heavy (non-hydrogen) atoms. The number of amides is 1. The van der Waals surface area contributed by atoms with E-state index in [9.17, 15) is 4.79 Å². The van der Waals surface area contributed by atoms with E-state index < -0.39 is 0 Å². The molecule has 0 saturated heterocycles. The minimum absolute atomic E-state index is 0. The van der Waals surface area contributed by atoms with Gasteiger partial charge < -0.3 is 20.3 Å². The number of hydrogen-bond acceptors (Lipinski definition) is 4. The molecule has 0 fully saturated rings. The van der Waals surface area contributed by atoms with E-state index in [0.717, 1.165) is 25.3 Å². The largest absolute Gasteiger partial charge is 0.489 e. The second-order valence-electron chi connectivity index (χ2n) is 7.26. The first-order valence-corrected chi connectivity index (χ1v) is 11.0. The third-order valence-corrected chi connectivity index (χ3v) is 5.78. The van der Waals surface area contributed by atoms with Gasteiger partial charge in [-0.1, -0.05) is 12.1 Å². The maximum absolute atomic E-state index is 12.6. The minimum atomic E-state index is -0.0320. The van der Waals surface area contributed by atoms with Crippen LogP contribution in [0.3, 0.4) is 0 Å². The van der Waals surface area contributed by atoms with Crippen molar-refractivity contribution in [3.8, 4) is 5.75 Å². The molecule has 1 aromatic heterocycles. The van der Waals surface area contributed by atoms with Gasteiger partial charge in [0.05, 0.1) is 6.54 Å². The average Bonchev–Trinajstić information content (AvgIpc) is 3.17. The second-order valence-corrected chi connectivity index (χ2v) is 8.26. The number of halogens is 1. The van der Waals surface area contributed by atoms with Gasteiger partial charge in [-0.25, -0.2) is 4.99 Å². The number of benzene rings is 1. The Morgan fingerprint density at radius 3 is 2.93 bits per heavy atom. The summed E-state index contributed by atoms with van der Waals surface area (Å²) in [6.45, 7) is 8.99. The standard InChI is InChI=1S/C22H30N4O2S.HI/c1-4-23-22(24-13-17(3)28-19-7-5-6-16(2)12-19)25-14-21(27)26-10-8-20-18(15-26)9-11-29-20;/h5-7,9,11-12,17H,4,8,10,13-15H2,1-3H3,(H2,23,24,25);1H. The topological polar surface area (TPSA) is 66.0 Å². The molecule has 2 heterocycles. The molecule has 6 nitrogen and oxygen atoms in total. The van der Waals surface area contributed by atoms with Crippen molar-refractivity contribution in [2.75, 3.05) is 26.2 Å². The van der Waals surface area contributed by atoms with Crippen LogP contribution in [0.25, 0.3) is 0 Å². The van der Waals surface area contributed by atoms with E-state index in [1.165, 1.54) is 16.0 Å². The first-order chi connectivity index (χ1) is 14.0. The van der Waals surface area contributed by atoms with Crippen LogP contribution in [0.15, 0.2) is 40.7 Å². The van der Waals surface area contributed by atoms with Gasteiger partial charge >= 0.3 is 0 Å².